The SMILES string of the molecule is CCCn1c(CCC(=O)NNC(=O)c2ccc(F)cc2)nc2cc(S(N)(=O)=O)ccc21. The lowest BCUT2D eigenvalue weighted by atomic mass is 10.2. The summed E-state index contributed by atoms with van der Waals surface area (Å²) < 4.78 is 38.0. The normalized spacial score (nSPS) is 11.5. The summed E-state index contributed by atoms with van der Waals surface area (Å²) in [6, 6.07) is 9.38. The Morgan fingerprint density at radius 1 is 1.13 bits per heavy atom. The number of aryl methyl sites for hydroxylation is 2. The number of halogens is 1. The molecule has 0 bridgehead atoms. The van der Waals surface area contributed by atoms with Crippen LogP contribution in [0.25, 0.3) is 11.0 Å². The number of hydrogen-bond acceptors (Lipinski definition) is 5. The van der Waals surface area contributed by atoms with Gasteiger partial charge in [-0.2, -0.15) is 0 Å². The second kappa shape index (κ2) is 9.23. The van der Waals surface area contributed by atoms with Crippen LogP contribution in [0.3, 0.4) is 0 Å². The van der Waals surface area contributed by atoms with Gasteiger partial charge in [-0.25, -0.2) is 22.9 Å². The predicted molar refractivity (Wildman–Crippen MR) is 112 cm³/mol. The molecule has 0 aliphatic carbocycles. The number of nitrogens with zero attached hydrogens (tertiary/aromatic N) is 2. The molecule has 0 unspecified atom stereocenters. The predicted octanol–water partition coefficient (Wildman–Crippen LogP) is 1.63. The van der Waals surface area contributed by atoms with E-state index < -0.39 is 27.7 Å². The van der Waals surface area contributed by atoms with E-state index in [4.69, 9.17) is 5.14 Å². The largest absolute Gasteiger partial charge is 0.328 e. The molecule has 31 heavy (non-hydrogen) atoms. The van der Waals surface area contributed by atoms with Gasteiger partial charge in [-0.1, -0.05) is 6.92 Å². The molecule has 2 aromatic carbocycles. The van der Waals surface area contributed by atoms with Crippen LogP contribution in [0, 0.1) is 5.82 Å². The smallest absolute Gasteiger partial charge is 0.269 e. The second-order valence-electron chi connectivity index (χ2n) is 6.88. The van der Waals surface area contributed by atoms with Crippen molar-refractivity contribution in [2.75, 3.05) is 0 Å². The highest BCUT2D eigenvalue weighted by Gasteiger charge is 2.16. The summed E-state index contributed by atoms with van der Waals surface area (Å²) in [6.07, 6.45) is 1.13. The van der Waals surface area contributed by atoms with Crippen LogP contribution in [0.4, 0.5) is 4.39 Å². The first-order chi connectivity index (χ1) is 14.7. The lowest BCUT2D eigenvalue weighted by Crippen LogP contribution is -2.41. The summed E-state index contributed by atoms with van der Waals surface area (Å²) >= 11 is 0. The number of aromatic nitrogens is 2. The fourth-order valence-corrected chi connectivity index (χ4v) is 3.62. The molecule has 9 nitrogen and oxygen atoms in total. The van der Waals surface area contributed by atoms with E-state index in [0.29, 0.717) is 17.9 Å². The van der Waals surface area contributed by atoms with Crippen molar-refractivity contribution in [3.8, 4) is 0 Å². The molecule has 0 aliphatic heterocycles. The number of amides is 2. The second-order valence-corrected chi connectivity index (χ2v) is 8.45. The van der Waals surface area contributed by atoms with Crippen molar-refractivity contribution in [3.63, 3.8) is 0 Å². The van der Waals surface area contributed by atoms with Gasteiger partial charge in [0.15, 0.2) is 0 Å². The van der Waals surface area contributed by atoms with Gasteiger partial charge in [0.2, 0.25) is 15.9 Å². The van der Waals surface area contributed by atoms with Gasteiger partial charge in [0.1, 0.15) is 11.6 Å². The van der Waals surface area contributed by atoms with E-state index in [1.807, 2.05) is 11.5 Å². The first-order valence-electron chi connectivity index (χ1n) is 9.55. The molecule has 0 saturated carbocycles. The van der Waals surface area contributed by atoms with Crippen LogP contribution in [-0.2, 0) is 27.8 Å². The molecule has 0 radical (unpaired) electrons. The Hall–Kier alpha value is -3.31. The number of fused-ring (bicyclic) bond motifs is 1. The van der Waals surface area contributed by atoms with Crippen LogP contribution in [-0.4, -0.2) is 29.8 Å². The molecular formula is C20H22FN5O4S. The molecule has 0 saturated heterocycles. The molecule has 0 fully saturated rings. The summed E-state index contributed by atoms with van der Waals surface area (Å²) in [5.74, 6) is -0.854. The molecule has 11 heteroatoms. The maximum Gasteiger partial charge on any atom is 0.269 e. The monoisotopic (exact) mass is 447 g/mol. The fraction of sp³-hybridized carbons (Fsp3) is 0.250. The minimum absolute atomic E-state index is 0.0334. The number of sulfonamides is 1. The van der Waals surface area contributed by atoms with Crippen molar-refractivity contribution in [1.82, 2.24) is 20.4 Å². The number of primary sulfonamides is 1. The average Bonchev–Trinajstić information content (AvgIpc) is 3.07. The average molecular weight is 447 g/mol. The number of carbonyl (C=O) groups excluding carboxylic acids is 2. The van der Waals surface area contributed by atoms with E-state index in [2.05, 4.69) is 15.8 Å². The lowest BCUT2D eigenvalue weighted by molar-refractivity contribution is -0.121. The zero-order chi connectivity index (χ0) is 22.6. The Morgan fingerprint density at radius 2 is 1.84 bits per heavy atom. The number of hydrazine groups is 1. The zero-order valence-corrected chi connectivity index (χ0v) is 17.6. The highest BCUT2D eigenvalue weighted by molar-refractivity contribution is 7.89. The summed E-state index contributed by atoms with van der Waals surface area (Å²) in [7, 11) is -3.85. The van der Waals surface area contributed by atoms with Crippen molar-refractivity contribution in [3.05, 3.63) is 59.7 Å². The van der Waals surface area contributed by atoms with Crippen molar-refractivity contribution in [2.45, 2.75) is 37.6 Å². The molecule has 3 aromatic rings. The molecule has 164 valence electrons. The summed E-state index contributed by atoms with van der Waals surface area (Å²) in [4.78, 5) is 28.6. The quantitative estimate of drug-likeness (QED) is 0.473. The third kappa shape index (κ3) is 5.44. The minimum atomic E-state index is -3.85. The van der Waals surface area contributed by atoms with Gasteiger partial charge < -0.3 is 4.57 Å². The number of rotatable bonds is 7. The number of nitrogens with one attached hydrogen (secondary N) is 2. The first kappa shape index (κ1) is 22.4. The third-order valence-corrected chi connectivity index (χ3v) is 5.48. The van der Waals surface area contributed by atoms with Gasteiger partial charge in [-0.15, -0.1) is 0 Å². The first-order valence-corrected chi connectivity index (χ1v) is 11.1. The van der Waals surface area contributed by atoms with Crippen molar-refractivity contribution >= 4 is 32.9 Å². The molecule has 3 rings (SSSR count). The molecule has 2 amide bonds. The van der Waals surface area contributed by atoms with E-state index in [1.165, 1.54) is 24.3 Å². The molecule has 1 heterocycles. The highest BCUT2D eigenvalue weighted by Crippen LogP contribution is 2.21. The number of benzene rings is 2. The number of imidazole rings is 1. The van der Waals surface area contributed by atoms with E-state index >= 15 is 0 Å². The standard InChI is InChI=1S/C20H22FN5O4S/c1-2-11-26-17-8-7-15(31(22,29)30)12-16(17)23-18(26)9-10-19(27)24-25-20(28)13-3-5-14(21)6-4-13/h3-8,12H,2,9-11H2,1H3,(H,24,27)(H,25,28)(H2,22,29,30). The third-order valence-electron chi connectivity index (χ3n) is 4.57. The van der Waals surface area contributed by atoms with E-state index in [0.717, 1.165) is 24.1 Å². The maximum absolute atomic E-state index is 12.9. The van der Waals surface area contributed by atoms with E-state index in [9.17, 15) is 22.4 Å². The Balaban J connectivity index is 1.67. The summed E-state index contributed by atoms with van der Waals surface area (Å²) in [5, 5.41) is 5.19. The van der Waals surface area contributed by atoms with Gasteiger partial charge in [0.25, 0.3) is 5.91 Å². The van der Waals surface area contributed by atoms with Crippen LogP contribution in [0.15, 0.2) is 47.4 Å². The fourth-order valence-electron chi connectivity index (χ4n) is 3.09. The van der Waals surface area contributed by atoms with Crippen molar-refractivity contribution < 1.29 is 22.4 Å². The number of carbonyl (C=O) groups is 2. The summed E-state index contributed by atoms with van der Waals surface area (Å²) in [6.45, 7) is 2.63. The number of nitrogens with two attached hydrogens (primary N) is 1. The van der Waals surface area contributed by atoms with Crippen molar-refractivity contribution in [1.29, 1.82) is 0 Å². The van der Waals surface area contributed by atoms with Gasteiger partial charge >= 0.3 is 0 Å². The van der Waals surface area contributed by atoms with Crippen LogP contribution < -0.4 is 16.0 Å². The number of hydrogen-bond donors (Lipinski definition) is 3. The Bertz CT molecular complexity index is 1220. The molecular weight excluding hydrogens is 425 g/mol. The summed E-state index contributed by atoms with van der Waals surface area (Å²) in [5.41, 5.74) is 6.01. The van der Waals surface area contributed by atoms with Crippen LogP contribution in [0.1, 0.15) is 35.9 Å². The Labute approximate surface area is 178 Å². The Kier molecular flexibility index (Phi) is 6.66. The van der Waals surface area contributed by atoms with Gasteiger partial charge in [-0.3, -0.25) is 20.4 Å². The molecule has 0 atom stereocenters. The van der Waals surface area contributed by atoms with Gasteiger partial charge in [0.05, 0.1) is 15.9 Å². The van der Waals surface area contributed by atoms with Crippen molar-refractivity contribution in [2.24, 2.45) is 5.14 Å². The van der Waals surface area contributed by atoms with Crippen LogP contribution in [0.2, 0.25) is 0 Å². The van der Waals surface area contributed by atoms with Gasteiger partial charge in [0, 0.05) is 24.9 Å². The highest BCUT2D eigenvalue weighted by atomic mass is 32.2. The molecule has 0 aliphatic rings. The Morgan fingerprint density at radius 3 is 2.48 bits per heavy atom. The topological polar surface area (TPSA) is 136 Å². The van der Waals surface area contributed by atoms with Crippen LogP contribution >= 0.6 is 0 Å². The van der Waals surface area contributed by atoms with Gasteiger partial charge in [-0.05, 0) is 48.9 Å². The minimum Gasteiger partial charge on any atom is -0.328 e. The zero-order valence-electron chi connectivity index (χ0n) is 16.8. The molecule has 0 spiro atoms. The lowest BCUT2D eigenvalue weighted by Gasteiger charge is -2.09. The van der Waals surface area contributed by atoms with E-state index in [1.54, 1.807) is 6.07 Å². The molecule has 4 N–H and O–H groups in total. The van der Waals surface area contributed by atoms with E-state index in [-0.39, 0.29) is 23.3 Å². The van der Waals surface area contributed by atoms with Crippen LogP contribution in [0.5, 0.6) is 0 Å². The maximum atomic E-state index is 12.9. The molecule has 1 aromatic heterocycles.